The predicted octanol–water partition coefficient (Wildman–Crippen LogP) is 5.19. The SMILES string of the molecule is CCN(CC)CCOc1cnc2[nH]cc(Cc3ccc(NCc4ccc(C)cc4)nc3)c2c1. The Labute approximate surface area is 196 Å². The van der Waals surface area contributed by atoms with Gasteiger partial charge in [0.2, 0.25) is 0 Å². The molecule has 0 amide bonds. The van der Waals surface area contributed by atoms with Crippen molar-refractivity contribution in [1.29, 1.82) is 0 Å². The number of hydrogen-bond donors (Lipinski definition) is 2. The number of aromatic nitrogens is 3. The number of benzene rings is 1. The fraction of sp³-hybridized carbons (Fsp3) is 0.333. The first-order valence-electron chi connectivity index (χ1n) is 11.7. The molecule has 3 heterocycles. The smallest absolute Gasteiger partial charge is 0.138 e. The molecule has 0 fully saturated rings. The summed E-state index contributed by atoms with van der Waals surface area (Å²) in [4.78, 5) is 14.8. The third-order valence-corrected chi connectivity index (χ3v) is 5.98. The van der Waals surface area contributed by atoms with Gasteiger partial charge >= 0.3 is 0 Å². The van der Waals surface area contributed by atoms with Crippen LogP contribution in [0.3, 0.4) is 0 Å². The summed E-state index contributed by atoms with van der Waals surface area (Å²) >= 11 is 0. The number of ether oxygens (including phenoxy) is 1. The van der Waals surface area contributed by atoms with Gasteiger partial charge in [0, 0.05) is 37.3 Å². The van der Waals surface area contributed by atoms with Crippen LogP contribution in [0.15, 0.2) is 61.1 Å². The van der Waals surface area contributed by atoms with Crippen LogP contribution in [0.25, 0.3) is 11.0 Å². The number of nitrogens with one attached hydrogen (secondary N) is 2. The normalized spacial score (nSPS) is 11.3. The lowest BCUT2D eigenvalue weighted by Gasteiger charge is -2.17. The standard InChI is InChI=1S/C27H33N5O/c1-4-32(5-2)12-13-33-24-15-25-23(18-30-27(25)31-19-24)14-22-10-11-26(29-17-22)28-16-21-8-6-20(3)7-9-21/h6-11,15,17-19H,4-5,12-14,16H2,1-3H3,(H,28,29)(H,30,31). The van der Waals surface area contributed by atoms with Crippen LogP contribution in [0.4, 0.5) is 5.82 Å². The van der Waals surface area contributed by atoms with E-state index in [1.165, 1.54) is 16.7 Å². The van der Waals surface area contributed by atoms with Crippen molar-refractivity contribution in [3.05, 3.63) is 83.3 Å². The van der Waals surface area contributed by atoms with E-state index in [1.54, 1.807) is 6.20 Å². The van der Waals surface area contributed by atoms with Crippen molar-refractivity contribution in [2.24, 2.45) is 0 Å². The van der Waals surface area contributed by atoms with E-state index in [4.69, 9.17) is 4.74 Å². The number of hydrogen-bond acceptors (Lipinski definition) is 5. The minimum atomic E-state index is 0.662. The van der Waals surface area contributed by atoms with Crippen LogP contribution in [0, 0.1) is 6.92 Å². The molecule has 6 heteroatoms. The summed E-state index contributed by atoms with van der Waals surface area (Å²) in [6.45, 7) is 10.9. The molecule has 0 aliphatic rings. The zero-order valence-corrected chi connectivity index (χ0v) is 19.8. The number of aromatic amines is 1. The summed E-state index contributed by atoms with van der Waals surface area (Å²) in [5.74, 6) is 1.69. The number of rotatable bonds is 11. The van der Waals surface area contributed by atoms with Crippen LogP contribution < -0.4 is 10.1 Å². The zero-order valence-electron chi connectivity index (χ0n) is 19.8. The molecule has 0 saturated carbocycles. The van der Waals surface area contributed by atoms with Crippen LogP contribution in [-0.2, 0) is 13.0 Å². The average Bonchev–Trinajstić information content (AvgIpc) is 3.24. The molecule has 2 N–H and O–H groups in total. The summed E-state index contributed by atoms with van der Waals surface area (Å²) < 4.78 is 5.97. The van der Waals surface area contributed by atoms with Gasteiger partial charge in [0.05, 0.1) is 6.20 Å². The Morgan fingerprint density at radius 3 is 2.48 bits per heavy atom. The highest BCUT2D eigenvalue weighted by Gasteiger charge is 2.09. The second-order valence-corrected chi connectivity index (χ2v) is 8.32. The number of likely N-dealkylation sites (N-methyl/N-ethyl adjacent to an activating group) is 1. The van der Waals surface area contributed by atoms with Crippen molar-refractivity contribution < 1.29 is 4.74 Å². The summed E-state index contributed by atoms with van der Waals surface area (Å²) in [6, 6.07) is 14.8. The minimum Gasteiger partial charge on any atom is -0.491 e. The van der Waals surface area contributed by atoms with E-state index >= 15 is 0 Å². The first kappa shape index (κ1) is 22.8. The summed E-state index contributed by atoms with van der Waals surface area (Å²) in [5.41, 5.74) is 5.74. The number of nitrogens with zero attached hydrogens (tertiary/aromatic N) is 3. The molecule has 1 aromatic carbocycles. The van der Waals surface area contributed by atoms with Gasteiger partial charge in [-0.1, -0.05) is 49.7 Å². The lowest BCUT2D eigenvalue weighted by atomic mass is 10.1. The molecular weight excluding hydrogens is 410 g/mol. The second-order valence-electron chi connectivity index (χ2n) is 8.32. The van der Waals surface area contributed by atoms with E-state index in [2.05, 4.69) is 82.3 Å². The van der Waals surface area contributed by atoms with Crippen LogP contribution in [0.2, 0.25) is 0 Å². The molecule has 0 aliphatic heterocycles. The lowest BCUT2D eigenvalue weighted by molar-refractivity contribution is 0.222. The largest absolute Gasteiger partial charge is 0.491 e. The van der Waals surface area contributed by atoms with Gasteiger partial charge in [0.15, 0.2) is 0 Å². The Hall–Kier alpha value is -3.38. The van der Waals surface area contributed by atoms with Crippen molar-refractivity contribution >= 4 is 16.9 Å². The Morgan fingerprint density at radius 1 is 0.970 bits per heavy atom. The number of aryl methyl sites for hydroxylation is 1. The van der Waals surface area contributed by atoms with Crippen LogP contribution in [0.1, 0.15) is 36.1 Å². The molecule has 0 aliphatic carbocycles. The summed E-state index contributed by atoms with van der Waals surface area (Å²) in [7, 11) is 0. The minimum absolute atomic E-state index is 0.662. The molecule has 33 heavy (non-hydrogen) atoms. The molecule has 172 valence electrons. The Morgan fingerprint density at radius 2 is 1.76 bits per heavy atom. The van der Waals surface area contributed by atoms with E-state index in [0.29, 0.717) is 6.61 Å². The van der Waals surface area contributed by atoms with Gasteiger partial charge in [-0.05, 0) is 48.8 Å². The topological polar surface area (TPSA) is 66.1 Å². The number of anilines is 1. The highest BCUT2D eigenvalue weighted by atomic mass is 16.5. The van der Waals surface area contributed by atoms with Crippen molar-refractivity contribution in [2.45, 2.75) is 33.7 Å². The first-order chi connectivity index (χ1) is 16.1. The molecule has 6 nitrogen and oxygen atoms in total. The van der Waals surface area contributed by atoms with Gasteiger partial charge in [0.1, 0.15) is 23.8 Å². The van der Waals surface area contributed by atoms with Gasteiger partial charge < -0.3 is 19.9 Å². The molecular formula is C27H33N5O. The molecule has 0 bridgehead atoms. The van der Waals surface area contributed by atoms with E-state index < -0.39 is 0 Å². The van der Waals surface area contributed by atoms with Crippen LogP contribution in [0.5, 0.6) is 5.75 Å². The van der Waals surface area contributed by atoms with Crippen molar-refractivity contribution in [1.82, 2.24) is 19.9 Å². The van der Waals surface area contributed by atoms with Gasteiger partial charge in [-0.15, -0.1) is 0 Å². The maximum absolute atomic E-state index is 5.97. The monoisotopic (exact) mass is 443 g/mol. The summed E-state index contributed by atoms with van der Waals surface area (Å²) in [6.07, 6.45) is 6.55. The Balaban J connectivity index is 1.37. The molecule has 0 spiro atoms. The maximum atomic E-state index is 5.97. The summed E-state index contributed by atoms with van der Waals surface area (Å²) in [5, 5.41) is 4.49. The number of H-pyrrole nitrogens is 1. The van der Waals surface area contributed by atoms with Gasteiger partial charge in [-0.3, -0.25) is 0 Å². The molecule has 3 aromatic heterocycles. The lowest BCUT2D eigenvalue weighted by Crippen LogP contribution is -2.27. The average molecular weight is 444 g/mol. The molecule has 4 rings (SSSR count). The number of fused-ring (bicyclic) bond motifs is 1. The van der Waals surface area contributed by atoms with E-state index in [9.17, 15) is 0 Å². The van der Waals surface area contributed by atoms with Gasteiger partial charge in [0.25, 0.3) is 0 Å². The molecule has 0 atom stereocenters. The highest BCUT2D eigenvalue weighted by Crippen LogP contribution is 2.24. The quantitative estimate of drug-likeness (QED) is 0.334. The van der Waals surface area contributed by atoms with E-state index in [0.717, 1.165) is 60.8 Å². The van der Waals surface area contributed by atoms with Crippen LogP contribution in [-0.4, -0.2) is 46.1 Å². The Bertz CT molecular complexity index is 1150. The zero-order chi connectivity index (χ0) is 23.0. The van der Waals surface area contributed by atoms with Gasteiger partial charge in [-0.2, -0.15) is 0 Å². The maximum Gasteiger partial charge on any atom is 0.138 e. The third kappa shape index (κ3) is 6.11. The molecule has 0 unspecified atom stereocenters. The van der Waals surface area contributed by atoms with Crippen molar-refractivity contribution in [3.63, 3.8) is 0 Å². The number of pyridine rings is 2. The van der Waals surface area contributed by atoms with E-state index in [-0.39, 0.29) is 0 Å². The van der Waals surface area contributed by atoms with Crippen LogP contribution >= 0.6 is 0 Å². The fourth-order valence-electron chi connectivity index (χ4n) is 3.85. The third-order valence-electron chi connectivity index (χ3n) is 5.98. The predicted molar refractivity (Wildman–Crippen MR) is 135 cm³/mol. The van der Waals surface area contributed by atoms with Crippen molar-refractivity contribution in [2.75, 3.05) is 31.6 Å². The molecule has 4 aromatic rings. The van der Waals surface area contributed by atoms with Gasteiger partial charge in [-0.25, -0.2) is 9.97 Å². The molecule has 0 saturated heterocycles. The first-order valence-corrected chi connectivity index (χ1v) is 11.7. The second kappa shape index (κ2) is 11.0. The molecule has 0 radical (unpaired) electrons. The Kier molecular flexibility index (Phi) is 7.58. The van der Waals surface area contributed by atoms with E-state index in [1.807, 2.05) is 18.5 Å². The highest BCUT2D eigenvalue weighted by molar-refractivity contribution is 5.81. The fourth-order valence-corrected chi connectivity index (χ4v) is 3.85. The van der Waals surface area contributed by atoms with Crippen molar-refractivity contribution in [3.8, 4) is 5.75 Å².